The zero-order chi connectivity index (χ0) is 64.5. The van der Waals surface area contributed by atoms with Gasteiger partial charge in [-0.2, -0.15) is 0 Å². The lowest BCUT2D eigenvalue weighted by atomic mass is 9.95. The molecule has 0 aromatic heterocycles. The SMILES string of the molecule is CC(O)C(O)C1OC2OC(CCl)C(OC3OC(CCl)C(OC4OC(CCl)C(OC5OC(CCl)C(OC6OC(CCl)C(OC7OC(CCl)C(OC8OC(CCl)C(OOC1CCl)C(O)C8O)C(O)C7O)C(O)C6O)C(O)C5O)C(O)C4O)C(O)C3O)C(O)C2O. The molecular weight excluding hydrogens is 1370 g/mol. The summed E-state index contributed by atoms with van der Waals surface area (Å²) in [5, 5.41) is 183. The summed E-state index contributed by atoms with van der Waals surface area (Å²) in [7, 11) is 0. The molecule has 0 aromatic rings. The highest BCUT2D eigenvalue weighted by atomic mass is 35.5. The van der Waals surface area contributed by atoms with E-state index in [1.165, 1.54) is 0 Å². The van der Waals surface area contributed by atoms with Crippen LogP contribution >= 0.6 is 92.8 Å². The standard InChI is InChI=1S/C48H74Cl8O32/c1-10(57)19(58)40-18(9-56)87-88-41-17(8-55)79-48(33(72)26(41)65)85-39-15(6-53)77-46(31(70)24(39)63)83-37-13(4-51)75-44(29(68)22(37)61)81-35-11(2-49)73-42(27(66)20(35)59)80-34-12(3-50)74-43(28(67)21(34)60)82-36-14(5-52)76-45(30(69)23(36)62)84-38-16(7-54)78-47(86-40)32(71)25(38)64/h10-48,57-72H,2-9H2,1H3. The molecule has 18 fully saturated rings. The van der Waals surface area contributed by atoms with Crippen molar-refractivity contribution in [3.05, 3.63) is 0 Å². The summed E-state index contributed by atoms with van der Waals surface area (Å²) in [6.07, 6.45) is -72.2. The maximum Gasteiger partial charge on any atom is 0.187 e. The lowest BCUT2D eigenvalue weighted by Gasteiger charge is -2.50. The molecule has 32 nitrogen and oxygen atoms in total. The Morgan fingerprint density at radius 3 is 0.614 bits per heavy atom. The molecule has 18 aliphatic rings. The first kappa shape index (κ1) is 74.8. The second-order valence-electron chi connectivity index (χ2n) is 22.0. The average molecular weight is 1450 g/mol. The maximum atomic E-state index is 11.6. The Hall–Kier alpha value is 1.04. The smallest absolute Gasteiger partial charge is 0.187 e. The molecule has 88 heavy (non-hydrogen) atoms. The van der Waals surface area contributed by atoms with Gasteiger partial charge in [-0.1, -0.05) is 0 Å². The summed E-state index contributed by atoms with van der Waals surface area (Å²) < 4.78 is 82.5. The molecule has 39 unspecified atom stereocenters. The molecule has 18 saturated heterocycles. The second kappa shape index (κ2) is 33.1. The van der Waals surface area contributed by atoms with Gasteiger partial charge in [0.2, 0.25) is 0 Å². The van der Waals surface area contributed by atoms with E-state index >= 15 is 0 Å². The van der Waals surface area contributed by atoms with E-state index in [-0.39, 0.29) is 0 Å². The number of fused-ring (bicyclic) bond motifs is 1. The fourth-order valence-corrected chi connectivity index (χ4v) is 13.1. The van der Waals surface area contributed by atoms with Crippen molar-refractivity contribution >= 4 is 92.8 Å². The number of hydrogen-bond donors (Lipinski definition) is 16. The second-order valence-corrected chi connectivity index (χ2v) is 24.5. The van der Waals surface area contributed by atoms with Crippen molar-refractivity contribution in [3.63, 3.8) is 0 Å². The Balaban J connectivity index is 1.07. The zero-order valence-corrected chi connectivity index (χ0v) is 51.9. The third-order valence-corrected chi connectivity index (χ3v) is 18.7. The normalized spacial score (nSPS) is 52.9. The Morgan fingerprint density at radius 2 is 0.420 bits per heavy atom. The Bertz CT molecular complexity index is 2110. The van der Waals surface area contributed by atoms with Crippen LogP contribution in [0.4, 0.5) is 0 Å². The van der Waals surface area contributed by atoms with Gasteiger partial charge in [0.25, 0.3) is 0 Å². The molecule has 0 amide bonds. The fraction of sp³-hybridized carbons (Fsp3) is 1.00. The number of aliphatic hydroxyl groups excluding tert-OH is 16. The van der Waals surface area contributed by atoms with E-state index in [4.69, 9.17) is 169 Å². The van der Waals surface area contributed by atoms with Crippen LogP contribution in [0, 0.1) is 0 Å². The molecule has 14 bridgehead atoms. The van der Waals surface area contributed by atoms with Gasteiger partial charge in [-0.05, 0) is 6.92 Å². The van der Waals surface area contributed by atoms with Gasteiger partial charge in [-0.3, -0.25) is 0 Å². The lowest BCUT2D eigenvalue weighted by molar-refractivity contribution is -0.426. The highest BCUT2D eigenvalue weighted by molar-refractivity contribution is 6.19. The van der Waals surface area contributed by atoms with Gasteiger partial charge in [0.15, 0.2) is 44.0 Å². The summed E-state index contributed by atoms with van der Waals surface area (Å²) in [6, 6.07) is 0. The summed E-state index contributed by atoms with van der Waals surface area (Å²) in [5.41, 5.74) is 0. The quantitative estimate of drug-likeness (QED) is 0.0714. The van der Waals surface area contributed by atoms with Crippen LogP contribution in [0.1, 0.15) is 6.92 Å². The topological polar surface area (TPSA) is 471 Å². The largest absolute Gasteiger partial charge is 0.391 e. The van der Waals surface area contributed by atoms with E-state index in [1.807, 2.05) is 0 Å². The number of rotatable bonds is 10. The van der Waals surface area contributed by atoms with Gasteiger partial charge in [-0.15, -0.1) is 92.8 Å². The number of aliphatic hydroxyl groups is 16. The molecule has 0 aromatic carbocycles. The average Bonchev–Trinajstić information content (AvgIpc) is 2.86. The molecule has 18 aliphatic heterocycles. The molecule has 0 aliphatic carbocycles. The molecular formula is C48H74Cl8O32. The highest BCUT2D eigenvalue weighted by Crippen LogP contribution is 2.40. The molecule has 40 heteroatoms. The minimum Gasteiger partial charge on any atom is -0.391 e. The highest BCUT2D eigenvalue weighted by Gasteiger charge is 2.59. The summed E-state index contributed by atoms with van der Waals surface area (Å²) >= 11 is 50.2. The van der Waals surface area contributed by atoms with Gasteiger partial charge in [0.05, 0.1) is 53.1 Å². The zero-order valence-electron chi connectivity index (χ0n) is 45.9. The van der Waals surface area contributed by atoms with E-state index in [1.54, 1.807) is 0 Å². The van der Waals surface area contributed by atoms with Crippen molar-refractivity contribution in [1.29, 1.82) is 0 Å². The van der Waals surface area contributed by atoms with E-state index in [0.717, 1.165) is 6.92 Å². The predicted octanol–water partition coefficient (Wildman–Crippen LogP) is -6.84. The molecule has 514 valence electrons. The van der Waals surface area contributed by atoms with Gasteiger partial charge in [0, 0.05) is 0 Å². The van der Waals surface area contributed by atoms with Crippen molar-refractivity contribution in [2.75, 3.05) is 47.0 Å². The van der Waals surface area contributed by atoms with Crippen molar-refractivity contribution in [2.24, 2.45) is 0 Å². The Kier molecular flexibility index (Phi) is 28.1. The van der Waals surface area contributed by atoms with Crippen molar-refractivity contribution < 1.29 is 158 Å². The van der Waals surface area contributed by atoms with E-state index in [9.17, 15) is 81.7 Å². The third kappa shape index (κ3) is 15.8. The molecule has 39 atom stereocenters. The van der Waals surface area contributed by atoms with Crippen LogP contribution in [0.5, 0.6) is 0 Å². The summed E-state index contributed by atoms with van der Waals surface area (Å²) in [6.45, 7) is 1.13. The van der Waals surface area contributed by atoms with Crippen LogP contribution in [0.3, 0.4) is 0 Å². The first-order valence-electron chi connectivity index (χ1n) is 27.7. The number of alkyl halides is 8. The van der Waals surface area contributed by atoms with Crippen molar-refractivity contribution in [3.8, 4) is 0 Å². The Labute approximate surface area is 541 Å². The van der Waals surface area contributed by atoms with Crippen molar-refractivity contribution in [1.82, 2.24) is 0 Å². The van der Waals surface area contributed by atoms with Crippen molar-refractivity contribution in [2.45, 2.75) is 246 Å². The molecule has 18 heterocycles. The van der Waals surface area contributed by atoms with E-state index < -0.39 is 286 Å². The molecule has 0 radical (unpaired) electrons. The van der Waals surface area contributed by atoms with Crippen LogP contribution < -0.4 is 0 Å². The van der Waals surface area contributed by atoms with E-state index in [0.29, 0.717) is 0 Å². The van der Waals surface area contributed by atoms with Gasteiger partial charge >= 0.3 is 0 Å². The first-order valence-corrected chi connectivity index (χ1v) is 32.0. The number of hydrogen-bond acceptors (Lipinski definition) is 32. The van der Waals surface area contributed by atoms with Gasteiger partial charge < -0.3 is 148 Å². The molecule has 18 rings (SSSR count). The first-order chi connectivity index (χ1) is 41.8. The fourth-order valence-electron chi connectivity index (χ4n) is 11.2. The number of ether oxygens (including phenoxy) is 14. The summed E-state index contributed by atoms with van der Waals surface area (Å²) in [5.74, 6) is -4.43. The van der Waals surface area contributed by atoms with Crippen LogP contribution in [-0.2, 0) is 76.1 Å². The lowest BCUT2D eigenvalue weighted by Crippen LogP contribution is -2.68. The third-order valence-electron chi connectivity index (χ3n) is 16.2. The predicted molar refractivity (Wildman–Crippen MR) is 292 cm³/mol. The minimum absolute atomic E-state index is 0.529. The van der Waals surface area contributed by atoms with E-state index in [2.05, 4.69) is 0 Å². The van der Waals surface area contributed by atoms with Crippen LogP contribution in [0.2, 0.25) is 0 Å². The van der Waals surface area contributed by atoms with Gasteiger partial charge in [-0.25, -0.2) is 9.78 Å². The molecule has 0 saturated carbocycles. The molecule has 0 spiro atoms. The molecule has 16 N–H and O–H groups in total. The van der Waals surface area contributed by atoms with Crippen LogP contribution in [-0.4, -0.2) is 368 Å². The minimum atomic E-state index is -2.15. The van der Waals surface area contributed by atoms with Crippen LogP contribution in [0.15, 0.2) is 0 Å². The monoisotopic (exact) mass is 1440 g/mol. The Morgan fingerprint density at radius 1 is 0.239 bits per heavy atom. The maximum absolute atomic E-state index is 11.6. The van der Waals surface area contributed by atoms with Crippen LogP contribution in [0.25, 0.3) is 0 Å². The van der Waals surface area contributed by atoms with Gasteiger partial charge in [0.1, 0.15) is 189 Å². The number of halogens is 8. The summed E-state index contributed by atoms with van der Waals surface area (Å²) in [4.78, 5) is 11.1.